The van der Waals surface area contributed by atoms with E-state index in [1.54, 1.807) is 6.20 Å². The number of nitrogens with one attached hydrogen (secondary N) is 2. The van der Waals surface area contributed by atoms with Gasteiger partial charge < -0.3 is 10.6 Å². The second-order valence-corrected chi connectivity index (χ2v) is 8.16. The highest BCUT2D eigenvalue weighted by atomic mass is 79.9. The third-order valence-electron chi connectivity index (χ3n) is 5.21. The molecule has 3 aromatic carbocycles. The molecule has 1 aromatic heterocycles. The number of fused-ring (bicyclic) bond motifs is 1. The van der Waals surface area contributed by atoms with Gasteiger partial charge in [0.05, 0.1) is 12.2 Å². The number of benzene rings is 3. The fraction of sp³-hybridized carbons (Fsp3) is 0.0400. The smallest absolute Gasteiger partial charge is 0.261 e. The number of aromatic nitrogens is 2. The number of hydrogen-bond donors (Lipinski definition) is 2. The molecule has 5 nitrogen and oxygen atoms in total. The van der Waals surface area contributed by atoms with E-state index in [-0.39, 0.29) is 11.9 Å². The van der Waals surface area contributed by atoms with Crippen LogP contribution in [-0.2, 0) is 0 Å². The highest BCUT2D eigenvalue weighted by molar-refractivity contribution is 9.10. The predicted molar refractivity (Wildman–Crippen MR) is 127 cm³/mol. The molecule has 1 atom stereocenters. The summed E-state index contributed by atoms with van der Waals surface area (Å²) in [5, 5.41) is 10.9. The number of carbonyl (C=O) groups is 1. The fourth-order valence-electron chi connectivity index (χ4n) is 3.67. The second kappa shape index (κ2) is 8.24. The molecule has 2 N–H and O–H groups in total. The van der Waals surface area contributed by atoms with Gasteiger partial charge in [-0.05, 0) is 41.5 Å². The molecule has 31 heavy (non-hydrogen) atoms. The Morgan fingerprint density at radius 3 is 2.32 bits per heavy atom. The molecule has 0 saturated carbocycles. The minimum absolute atomic E-state index is 0.141. The number of amides is 1. The van der Waals surface area contributed by atoms with Crippen LogP contribution in [0.2, 0.25) is 0 Å². The summed E-state index contributed by atoms with van der Waals surface area (Å²) in [6, 6.07) is 27.5. The Balaban J connectivity index is 1.56. The quantitative estimate of drug-likeness (QED) is 0.387. The van der Waals surface area contributed by atoms with E-state index in [9.17, 15) is 4.79 Å². The molecule has 0 saturated heterocycles. The van der Waals surface area contributed by atoms with E-state index >= 15 is 0 Å². The SMILES string of the molecule is O=C(Nc1ccccc1)c1cnn2c1NC(c1ccccc1)=CC2c1ccc(Br)cc1. The summed E-state index contributed by atoms with van der Waals surface area (Å²) in [5.41, 5.74) is 4.30. The van der Waals surface area contributed by atoms with Gasteiger partial charge in [0.1, 0.15) is 11.4 Å². The highest BCUT2D eigenvalue weighted by Gasteiger charge is 2.27. The Morgan fingerprint density at radius 1 is 0.935 bits per heavy atom. The van der Waals surface area contributed by atoms with Gasteiger partial charge in [-0.3, -0.25) is 4.79 Å². The van der Waals surface area contributed by atoms with Gasteiger partial charge in [0, 0.05) is 15.9 Å². The molecule has 0 bridgehead atoms. The number of para-hydroxylation sites is 1. The fourth-order valence-corrected chi connectivity index (χ4v) is 3.93. The second-order valence-electron chi connectivity index (χ2n) is 7.24. The average molecular weight is 471 g/mol. The van der Waals surface area contributed by atoms with Crippen molar-refractivity contribution in [2.24, 2.45) is 0 Å². The first-order valence-electron chi connectivity index (χ1n) is 9.93. The van der Waals surface area contributed by atoms with Crippen LogP contribution in [0.1, 0.15) is 27.5 Å². The minimum Gasteiger partial charge on any atom is -0.339 e. The summed E-state index contributed by atoms with van der Waals surface area (Å²) in [6.07, 6.45) is 3.76. The van der Waals surface area contributed by atoms with E-state index in [1.807, 2.05) is 77.5 Å². The van der Waals surface area contributed by atoms with E-state index in [0.29, 0.717) is 11.4 Å². The first-order chi connectivity index (χ1) is 15.2. The van der Waals surface area contributed by atoms with Crippen molar-refractivity contribution in [3.8, 4) is 0 Å². The van der Waals surface area contributed by atoms with Gasteiger partial charge >= 0.3 is 0 Å². The van der Waals surface area contributed by atoms with Crippen LogP contribution in [0.5, 0.6) is 0 Å². The Morgan fingerprint density at radius 2 is 1.61 bits per heavy atom. The third kappa shape index (κ3) is 3.90. The number of hydrogen-bond acceptors (Lipinski definition) is 3. The van der Waals surface area contributed by atoms with Gasteiger partial charge in [0.15, 0.2) is 0 Å². The molecule has 4 aromatic rings. The average Bonchev–Trinajstić information content (AvgIpc) is 3.24. The van der Waals surface area contributed by atoms with Crippen molar-refractivity contribution in [1.29, 1.82) is 0 Å². The van der Waals surface area contributed by atoms with Crippen molar-refractivity contribution in [2.45, 2.75) is 6.04 Å². The molecule has 5 rings (SSSR count). The third-order valence-corrected chi connectivity index (χ3v) is 5.74. The Bertz CT molecular complexity index is 1250. The van der Waals surface area contributed by atoms with Crippen LogP contribution in [0.3, 0.4) is 0 Å². The van der Waals surface area contributed by atoms with E-state index in [4.69, 9.17) is 0 Å². The van der Waals surface area contributed by atoms with E-state index < -0.39 is 0 Å². The molecule has 0 radical (unpaired) electrons. The summed E-state index contributed by atoms with van der Waals surface area (Å²) in [4.78, 5) is 13.0. The number of nitrogens with zero attached hydrogens (tertiary/aromatic N) is 2. The van der Waals surface area contributed by atoms with E-state index in [0.717, 1.165) is 27.0 Å². The molecule has 2 heterocycles. The van der Waals surface area contributed by atoms with E-state index in [1.165, 1.54) is 0 Å². The van der Waals surface area contributed by atoms with Crippen LogP contribution in [0, 0.1) is 0 Å². The number of halogens is 1. The Kier molecular flexibility index (Phi) is 5.14. The molecule has 0 spiro atoms. The van der Waals surface area contributed by atoms with Crippen LogP contribution in [0.15, 0.2) is 102 Å². The van der Waals surface area contributed by atoms with Gasteiger partial charge in [0.2, 0.25) is 0 Å². The number of anilines is 2. The molecule has 0 fully saturated rings. The van der Waals surface area contributed by atoms with Gasteiger partial charge in [-0.1, -0.05) is 76.6 Å². The maximum Gasteiger partial charge on any atom is 0.261 e. The number of rotatable bonds is 4. The molecule has 1 aliphatic heterocycles. The van der Waals surface area contributed by atoms with Crippen molar-refractivity contribution in [1.82, 2.24) is 9.78 Å². The zero-order valence-electron chi connectivity index (χ0n) is 16.5. The van der Waals surface area contributed by atoms with Gasteiger partial charge in [-0.15, -0.1) is 0 Å². The summed E-state index contributed by atoms with van der Waals surface area (Å²) in [7, 11) is 0. The van der Waals surface area contributed by atoms with Crippen LogP contribution < -0.4 is 10.6 Å². The van der Waals surface area contributed by atoms with Crippen LogP contribution in [-0.4, -0.2) is 15.7 Å². The number of allylic oxidation sites excluding steroid dienone is 1. The highest BCUT2D eigenvalue weighted by Crippen LogP contribution is 2.35. The summed E-state index contributed by atoms with van der Waals surface area (Å²) in [5.74, 6) is 0.464. The molecule has 152 valence electrons. The maximum atomic E-state index is 13.0. The molecule has 1 unspecified atom stereocenters. The van der Waals surface area contributed by atoms with E-state index in [2.05, 4.69) is 49.9 Å². The monoisotopic (exact) mass is 470 g/mol. The normalized spacial score (nSPS) is 14.9. The van der Waals surface area contributed by atoms with Crippen molar-refractivity contribution in [3.05, 3.63) is 118 Å². The molecular weight excluding hydrogens is 452 g/mol. The number of carbonyl (C=O) groups excluding carboxylic acids is 1. The Labute approximate surface area is 188 Å². The minimum atomic E-state index is -0.205. The first-order valence-corrected chi connectivity index (χ1v) is 10.7. The predicted octanol–water partition coefficient (Wildman–Crippen LogP) is 5.95. The van der Waals surface area contributed by atoms with Crippen molar-refractivity contribution < 1.29 is 4.79 Å². The largest absolute Gasteiger partial charge is 0.339 e. The van der Waals surface area contributed by atoms with Gasteiger partial charge in [-0.25, -0.2) is 4.68 Å². The molecule has 0 aliphatic carbocycles. The van der Waals surface area contributed by atoms with Crippen LogP contribution >= 0.6 is 15.9 Å². The Hall–Kier alpha value is -3.64. The lowest BCUT2D eigenvalue weighted by Gasteiger charge is -2.26. The standard InChI is InChI=1S/C25H19BrN4O/c26-19-13-11-18(12-14-19)23-15-22(17-7-3-1-4-8-17)29-24-21(16-27-30(23)24)25(31)28-20-9-5-2-6-10-20/h1-16,23,29H,(H,28,31). The maximum absolute atomic E-state index is 13.0. The molecule has 1 aliphatic rings. The van der Waals surface area contributed by atoms with Crippen molar-refractivity contribution >= 4 is 39.0 Å². The van der Waals surface area contributed by atoms with Crippen LogP contribution in [0.25, 0.3) is 5.70 Å². The summed E-state index contributed by atoms with van der Waals surface area (Å²) in [6.45, 7) is 0. The van der Waals surface area contributed by atoms with Gasteiger partial charge in [0.25, 0.3) is 5.91 Å². The zero-order valence-corrected chi connectivity index (χ0v) is 18.1. The lowest BCUT2D eigenvalue weighted by atomic mass is 10.0. The topological polar surface area (TPSA) is 59.0 Å². The lowest BCUT2D eigenvalue weighted by Crippen LogP contribution is -2.22. The van der Waals surface area contributed by atoms with Crippen molar-refractivity contribution in [3.63, 3.8) is 0 Å². The van der Waals surface area contributed by atoms with Crippen molar-refractivity contribution in [2.75, 3.05) is 10.6 Å². The molecule has 1 amide bonds. The molecular formula is C25H19BrN4O. The zero-order chi connectivity index (χ0) is 21.2. The first kappa shape index (κ1) is 19.3. The lowest BCUT2D eigenvalue weighted by molar-refractivity contribution is 0.102. The summed E-state index contributed by atoms with van der Waals surface area (Å²) >= 11 is 3.50. The van der Waals surface area contributed by atoms with Gasteiger partial charge in [-0.2, -0.15) is 5.10 Å². The molecule has 6 heteroatoms. The summed E-state index contributed by atoms with van der Waals surface area (Å²) < 4.78 is 2.87. The van der Waals surface area contributed by atoms with Crippen LogP contribution in [0.4, 0.5) is 11.5 Å².